The minimum Gasteiger partial charge on any atom is -0.383 e. The number of nitrogens with two attached hydrogens (primary N) is 1. The van der Waals surface area contributed by atoms with Crippen molar-refractivity contribution >= 4 is 15.9 Å². The smallest absolute Gasteiger partial charge is 0.0615 e. The lowest BCUT2D eigenvalue weighted by atomic mass is 9.98. The maximum Gasteiger partial charge on any atom is 0.0615 e. The van der Waals surface area contributed by atoms with Gasteiger partial charge in [0.1, 0.15) is 0 Å². The lowest BCUT2D eigenvalue weighted by Crippen LogP contribution is -2.43. The summed E-state index contributed by atoms with van der Waals surface area (Å²) in [5.41, 5.74) is 7.39. The summed E-state index contributed by atoms with van der Waals surface area (Å²) in [4.78, 5) is 2.27. The molecule has 0 amide bonds. The standard InChI is InChI=1S/C14H23BrN2O/c1-10(9-18-4)17(3)14(11(2)16)12-7-5-6-8-13(12)15/h5-8,10-11,14H,9,16H2,1-4H3. The fraction of sp³-hybridized carbons (Fsp3) is 0.571. The third-order valence-corrected chi connectivity index (χ3v) is 3.99. The lowest BCUT2D eigenvalue weighted by molar-refractivity contribution is 0.0817. The largest absolute Gasteiger partial charge is 0.383 e. The first-order valence-corrected chi connectivity index (χ1v) is 6.99. The molecule has 0 aliphatic rings. The summed E-state index contributed by atoms with van der Waals surface area (Å²) in [6, 6.07) is 8.78. The Labute approximate surface area is 118 Å². The number of rotatable bonds is 6. The van der Waals surface area contributed by atoms with E-state index >= 15 is 0 Å². The summed E-state index contributed by atoms with van der Waals surface area (Å²) in [6.45, 7) is 4.89. The van der Waals surface area contributed by atoms with Gasteiger partial charge in [-0.25, -0.2) is 0 Å². The first-order valence-electron chi connectivity index (χ1n) is 6.20. The molecule has 0 radical (unpaired) electrons. The molecule has 3 nitrogen and oxygen atoms in total. The van der Waals surface area contributed by atoms with Crippen molar-refractivity contribution in [2.75, 3.05) is 20.8 Å². The van der Waals surface area contributed by atoms with Gasteiger partial charge in [0.2, 0.25) is 0 Å². The van der Waals surface area contributed by atoms with Crippen molar-refractivity contribution in [2.45, 2.75) is 32.0 Å². The van der Waals surface area contributed by atoms with E-state index in [0.29, 0.717) is 12.6 Å². The molecule has 0 bridgehead atoms. The molecule has 0 spiro atoms. The minimum atomic E-state index is 0.0491. The van der Waals surface area contributed by atoms with Crippen LogP contribution in [-0.4, -0.2) is 37.7 Å². The fourth-order valence-corrected chi connectivity index (χ4v) is 2.74. The third kappa shape index (κ3) is 3.79. The Hall–Kier alpha value is -0.420. The maximum absolute atomic E-state index is 6.17. The summed E-state index contributed by atoms with van der Waals surface area (Å²) in [5, 5.41) is 0. The van der Waals surface area contributed by atoms with Crippen LogP contribution in [0.1, 0.15) is 25.5 Å². The Morgan fingerprint density at radius 2 is 1.94 bits per heavy atom. The molecule has 18 heavy (non-hydrogen) atoms. The van der Waals surface area contributed by atoms with E-state index in [2.05, 4.69) is 46.9 Å². The Bertz CT molecular complexity index is 371. The van der Waals surface area contributed by atoms with Crippen LogP contribution in [0, 0.1) is 0 Å². The molecule has 4 heteroatoms. The first kappa shape index (κ1) is 15.6. The van der Waals surface area contributed by atoms with Crippen molar-refractivity contribution in [3.63, 3.8) is 0 Å². The predicted octanol–water partition coefficient (Wildman–Crippen LogP) is 2.80. The number of ether oxygens (including phenoxy) is 1. The predicted molar refractivity (Wildman–Crippen MR) is 79.6 cm³/mol. The third-order valence-electron chi connectivity index (χ3n) is 3.26. The number of hydrogen-bond acceptors (Lipinski definition) is 3. The van der Waals surface area contributed by atoms with E-state index in [1.54, 1.807) is 7.11 Å². The molecule has 1 rings (SSSR count). The zero-order valence-corrected chi connectivity index (χ0v) is 13.1. The van der Waals surface area contributed by atoms with Crippen LogP contribution in [0.2, 0.25) is 0 Å². The van der Waals surface area contributed by atoms with Gasteiger partial charge in [-0.1, -0.05) is 34.1 Å². The average molecular weight is 315 g/mol. The fourth-order valence-electron chi connectivity index (χ4n) is 2.22. The van der Waals surface area contributed by atoms with Crippen LogP contribution in [0.4, 0.5) is 0 Å². The highest BCUT2D eigenvalue weighted by molar-refractivity contribution is 9.10. The van der Waals surface area contributed by atoms with E-state index in [0.717, 1.165) is 4.47 Å². The molecule has 0 saturated carbocycles. The maximum atomic E-state index is 6.17. The van der Waals surface area contributed by atoms with Crippen LogP contribution in [0.3, 0.4) is 0 Å². The van der Waals surface area contributed by atoms with Crippen molar-refractivity contribution in [3.05, 3.63) is 34.3 Å². The molecule has 0 heterocycles. The van der Waals surface area contributed by atoms with E-state index in [4.69, 9.17) is 10.5 Å². The van der Waals surface area contributed by atoms with Gasteiger partial charge >= 0.3 is 0 Å². The molecule has 1 aromatic carbocycles. The van der Waals surface area contributed by atoms with Crippen LogP contribution in [0.15, 0.2) is 28.7 Å². The van der Waals surface area contributed by atoms with Gasteiger partial charge in [-0.2, -0.15) is 0 Å². The second-order valence-corrected chi connectivity index (χ2v) is 5.65. The molecular formula is C14H23BrN2O. The van der Waals surface area contributed by atoms with Gasteiger partial charge in [0.25, 0.3) is 0 Å². The molecule has 0 fully saturated rings. The normalized spacial score (nSPS) is 16.6. The van der Waals surface area contributed by atoms with Crippen molar-refractivity contribution in [1.29, 1.82) is 0 Å². The zero-order valence-electron chi connectivity index (χ0n) is 11.6. The van der Waals surface area contributed by atoms with Crippen LogP contribution >= 0.6 is 15.9 Å². The van der Waals surface area contributed by atoms with E-state index in [1.807, 2.05) is 19.1 Å². The highest BCUT2D eigenvalue weighted by atomic mass is 79.9. The summed E-state index contributed by atoms with van der Waals surface area (Å²) >= 11 is 3.61. The second kappa shape index (κ2) is 7.24. The van der Waals surface area contributed by atoms with Crippen LogP contribution < -0.4 is 5.73 Å². The monoisotopic (exact) mass is 314 g/mol. The molecule has 0 saturated heterocycles. The highest BCUT2D eigenvalue weighted by Gasteiger charge is 2.26. The molecule has 3 unspecified atom stereocenters. The zero-order chi connectivity index (χ0) is 13.7. The molecule has 0 aliphatic carbocycles. The molecule has 0 aromatic heterocycles. The Morgan fingerprint density at radius 1 is 1.33 bits per heavy atom. The average Bonchev–Trinajstić information content (AvgIpc) is 2.31. The summed E-state index contributed by atoms with van der Waals surface area (Å²) < 4.78 is 6.33. The molecule has 102 valence electrons. The van der Waals surface area contributed by atoms with Gasteiger partial charge in [0, 0.05) is 23.7 Å². The van der Waals surface area contributed by atoms with Crippen molar-refractivity contribution in [1.82, 2.24) is 4.90 Å². The second-order valence-electron chi connectivity index (χ2n) is 4.80. The summed E-state index contributed by atoms with van der Waals surface area (Å²) in [6.07, 6.45) is 0. The van der Waals surface area contributed by atoms with Gasteiger partial charge in [-0.05, 0) is 32.5 Å². The number of nitrogens with zero attached hydrogens (tertiary/aromatic N) is 1. The van der Waals surface area contributed by atoms with Crippen molar-refractivity contribution in [2.24, 2.45) is 5.73 Å². The quantitative estimate of drug-likeness (QED) is 0.877. The lowest BCUT2D eigenvalue weighted by Gasteiger charge is -2.36. The Morgan fingerprint density at radius 3 is 2.44 bits per heavy atom. The summed E-state index contributed by atoms with van der Waals surface area (Å²) in [7, 11) is 3.82. The molecular weight excluding hydrogens is 292 g/mol. The summed E-state index contributed by atoms with van der Waals surface area (Å²) in [5.74, 6) is 0. The van der Waals surface area contributed by atoms with E-state index in [-0.39, 0.29) is 12.1 Å². The van der Waals surface area contributed by atoms with Gasteiger partial charge in [0.15, 0.2) is 0 Å². The number of benzene rings is 1. The molecule has 2 N–H and O–H groups in total. The van der Waals surface area contributed by atoms with Gasteiger partial charge < -0.3 is 10.5 Å². The number of hydrogen-bond donors (Lipinski definition) is 1. The topological polar surface area (TPSA) is 38.5 Å². The van der Waals surface area contributed by atoms with Gasteiger partial charge in [0.05, 0.1) is 12.6 Å². The molecule has 0 aliphatic heterocycles. The molecule has 3 atom stereocenters. The number of halogens is 1. The number of methoxy groups -OCH3 is 1. The number of likely N-dealkylation sites (N-methyl/N-ethyl adjacent to an activating group) is 1. The van der Waals surface area contributed by atoms with Crippen molar-refractivity contribution in [3.8, 4) is 0 Å². The van der Waals surface area contributed by atoms with E-state index in [1.165, 1.54) is 5.56 Å². The van der Waals surface area contributed by atoms with E-state index in [9.17, 15) is 0 Å². The van der Waals surface area contributed by atoms with Crippen LogP contribution in [0.5, 0.6) is 0 Å². The highest BCUT2D eigenvalue weighted by Crippen LogP contribution is 2.30. The Kier molecular flexibility index (Phi) is 6.29. The minimum absolute atomic E-state index is 0.0491. The van der Waals surface area contributed by atoms with Gasteiger partial charge in [-0.15, -0.1) is 0 Å². The SMILES string of the molecule is COCC(C)N(C)C(c1ccccc1Br)C(C)N. The van der Waals surface area contributed by atoms with E-state index < -0.39 is 0 Å². The van der Waals surface area contributed by atoms with Gasteiger partial charge in [-0.3, -0.25) is 4.90 Å². The first-order chi connectivity index (χ1) is 8.49. The van der Waals surface area contributed by atoms with Crippen molar-refractivity contribution < 1.29 is 4.74 Å². The molecule has 1 aromatic rings. The van der Waals surface area contributed by atoms with Crippen LogP contribution in [0.25, 0.3) is 0 Å². The van der Waals surface area contributed by atoms with Crippen LogP contribution in [-0.2, 0) is 4.74 Å². The Balaban J connectivity index is 3.00.